The lowest BCUT2D eigenvalue weighted by molar-refractivity contribution is -0.124. The van der Waals surface area contributed by atoms with Gasteiger partial charge in [0.05, 0.1) is 0 Å². The standard InChI is InChI=1S/C17H18N2O3/c1-12(17(21)19(2)14-6-4-3-5-7-14)22-15-10-8-13(9-11-15)16(18)20/h3-12H,1-2H3,(H2,18,20). The number of rotatable bonds is 5. The predicted molar refractivity (Wildman–Crippen MR) is 84.9 cm³/mol. The van der Waals surface area contributed by atoms with Crippen molar-refractivity contribution < 1.29 is 14.3 Å². The van der Waals surface area contributed by atoms with Crippen LogP contribution in [0.1, 0.15) is 17.3 Å². The minimum atomic E-state index is -0.648. The smallest absolute Gasteiger partial charge is 0.267 e. The lowest BCUT2D eigenvalue weighted by atomic mass is 10.2. The molecule has 22 heavy (non-hydrogen) atoms. The molecular weight excluding hydrogens is 280 g/mol. The molecule has 2 aromatic carbocycles. The Balaban J connectivity index is 2.03. The Morgan fingerprint density at radius 1 is 1.05 bits per heavy atom. The second kappa shape index (κ2) is 6.76. The van der Waals surface area contributed by atoms with E-state index >= 15 is 0 Å². The number of amides is 2. The van der Waals surface area contributed by atoms with E-state index < -0.39 is 12.0 Å². The largest absolute Gasteiger partial charge is 0.481 e. The van der Waals surface area contributed by atoms with E-state index in [0.29, 0.717) is 11.3 Å². The van der Waals surface area contributed by atoms with E-state index in [2.05, 4.69) is 0 Å². The molecule has 5 heteroatoms. The van der Waals surface area contributed by atoms with Gasteiger partial charge in [0, 0.05) is 18.3 Å². The monoisotopic (exact) mass is 298 g/mol. The number of carbonyl (C=O) groups is 2. The molecule has 2 aromatic rings. The molecule has 0 aromatic heterocycles. The molecule has 0 saturated carbocycles. The number of carbonyl (C=O) groups excluding carboxylic acids is 2. The Hall–Kier alpha value is -2.82. The van der Waals surface area contributed by atoms with Gasteiger partial charge in [0.1, 0.15) is 5.75 Å². The molecule has 0 fully saturated rings. The average Bonchev–Trinajstić information content (AvgIpc) is 2.54. The maximum absolute atomic E-state index is 12.3. The molecule has 2 rings (SSSR count). The van der Waals surface area contributed by atoms with Gasteiger partial charge in [0.2, 0.25) is 5.91 Å². The van der Waals surface area contributed by atoms with Crippen LogP contribution < -0.4 is 15.4 Å². The fourth-order valence-electron chi connectivity index (χ4n) is 2.00. The summed E-state index contributed by atoms with van der Waals surface area (Å²) in [7, 11) is 1.70. The molecule has 2 amide bonds. The van der Waals surface area contributed by atoms with Crippen molar-refractivity contribution in [3.63, 3.8) is 0 Å². The van der Waals surface area contributed by atoms with Gasteiger partial charge in [-0.1, -0.05) is 18.2 Å². The number of para-hydroxylation sites is 1. The van der Waals surface area contributed by atoms with Crippen LogP contribution in [0.25, 0.3) is 0 Å². The molecule has 0 bridgehead atoms. The number of primary amides is 1. The summed E-state index contributed by atoms with van der Waals surface area (Å²) in [5, 5.41) is 0. The lowest BCUT2D eigenvalue weighted by Gasteiger charge is -2.22. The van der Waals surface area contributed by atoms with Gasteiger partial charge >= 0.3 is 0 Å². The van der Waals surface area contributed by atoms with Crippen molar-refractivity contribution in [1.29, 1.82) is 0 Å². The molecule has 0 heterocycles. The third kappa shape index (κ3) is 3.63. The Kier molecular flexibility index (Phi) is 4.78. The summed E-state index contributed by atoms with van der Waals surface area (Å²) in [4.78, 5) is 24.9. The van der Waals surface area contributed by atoms with E-state index in [4.69, 9.17) is 10.5 Å². The summed E-state index contributed by atoms with van der Waals surface area (Å²) in [6.45, 7) is 1.68. The summed E-state index contributed by atoms with van der Waals surface area (Å²) in [5.41, 5.74) is 6.37. The van der Waals surface area contributed by atoms with E-state index in [1.165, 1.54) is 0 Å². The Morgan fingerprint density at radius 2 is 1.64 bits per heavy atom. The van der Waals surface area contributed by atoms with E-state index in [1.54, 1.807) is 43.1 Å². The zero-order valence-corrected chi connectivity index (χ0v) is 12.5. The quantitative estimate of drug-likeness (QED) is 0.920. The topological polar surface area (TPSA) is 72.6 Å². The molecule has 0 spiro atoms. The fraction of sp³-hybridized carbons (Fsp3) is 0.176. The van der Waals surface area contributed by atoms with Gasteiger partial charge in [-0.05, 0) is 43.3 Å². The molecule has 0 aliphatic rings. The first kappa shape index (κ1) is 15.6. The van der Waals surface area contributed by atoms with Gasteiger partial charge in [0.15, 0.2) is 6.10 Å². The van der Waals surface area contributed by atoms with Crippen molar-refractivity contribution in [2.45, 2.75) is 13.0 Å². The van der Waals surface area contributed by atoms with Crippen molar-refractivity contribution in [2.24, 2.45) is 5.73 Å². The molecule has 0 radical (unpaired) electrons. The zero-order chi connectivity index (χ0) is 16.1. The van der Waals surface area contributed by atoms with Crippen LogP contribution >= 0.6 is 0 Å². The molecule has 0 saturated heterocycles. The first-order valence-electron chi connectivity index (χ1n) is 6.88. The van der Waals surface area contributed by atoms with Crippen LogP contribution in [0.2, 0.25) is 0 Å². The number of nitrogens with zero attached hydrogens (tertiary/aromatic N) is 1. The van der Waals surface area contributed by atoms with Gasteiger partial charge < -0.3 is 15.4 Å². The van der Waals surface area contributed by atoms with Crippen molar-refractivity contribution in [1.82, 2.24) is 0 Å². The number of ether oxygens (including phenoxy) is 1. The molecule has 2 N–H and O–H groups in total. The van der Waals surface area contributed by atoms with Crippen molar-refractivity contribution >= 4 is 17.5 Å². The molecule has 0 aliphatic carbocycles. The Labute approximate surface area is 129 Å². The number of hydrogen-bond acceptors (Lipinski definition) is 3. The molecule has 1 atom stereocenters. The van der Waals surface area contributed by atoms with Gasteiger partial charge in [-0.2, -0.15) is 0 Å². The van der Waals surface area contributed by atoms with Crippen LogP contribution in [0.4, 0.5) is 5.69 Å². The fourth-order valence-corrected chi connectivity index (χ4v) is 2.00. The van der Waals surface area contributed by atoms with E-state index in [0.717, 1.165) is 5.69 Å². The van der Waals surface area contributed by atoms with Crippen LogP contribution in [-0.4, -0.2) is 25.0 Å². The van der Waals surface area contributed by atoms with Crippen LogP contribution in [0.3, 0.4) is 0 Å². The second-order valence-electron chi connectivity index (χ2n) is 4.88. The van der Waals surface area contributed by atoms with Crippen LogP contribution in [0, 0.1) is 0 Å². The van der Waals surface area contributed by atoms with Crippen molar-refractivity contribution in [3.8, 4) is 5.75 Å². The third-order valence-electron chi connectivity index (χ3n) is 3.27. The van der Waals surface area contributed by atoms with E-state index in [1.807, 2.05) is 30.3 Å². The number of anilines is 1. The Morgan fingerprint density at radius 3 is 2.18 bits per heavy atom. The highest BCUT2D eigenvalue weighted by Gasteiger charge is 2.20. The molecule has 0 aliphatic heterocycles. The molecule has 114 valence electrons. The molecule has 5 nitrogen and oxygen atoms in total. The highest BCUT2D eigenvalue weighted by molar-refractivity contribution is 5.96. The first-order chi connectivity index (χ1) is 10.5. The number of hydrogen-bond donors (Lipinski definition) is 1. The van der Waals surface area contributed by atoms with E-state index in [9.17, 15) is 9.59 Å². The SMILES string of the molecule is CC(Oc1ccc(C(N)=O)cc1)C(=O)N(C)c1ccccc1. The molecule has 1 unspecified atom stereocenters. The van der Waals surface area contributed by atoms with Crippen molar-refractivity contribution in [2.75, 3.05) is 11.9 Å². The summed E-state index contributed by atoms with van der Waals surface area (Å²) in [5.74, 6) is -0.156. The van der Waals surface area contributed by atoms with Gasteiger partial charge in [0.25, 0.3) is 5.91 Å². The highest BCUT2D eigenvalue weighted by atomic mass is 16.5. The second-order valence-corrected chi connectivity index (χ2v) is 4.88. The minimum absolute atomic E-state index is 0.162. The first-order valence-corrected chi connectivity index (χ1v) is 6.88. The van der Waals surface area contributed by atoms with Crippen LogP contribution in [0.15, 0.2) is 54.6 Å². The zero-order valence-electron chi connectivity index (χ0n) is 12.5. The van der Waals surface area contributed by atoms with Crippen LogP contribution in [0.5, 0.6) is 5.75 Å². The minimum Gasteiger partial charge on any atom is -0.481 e. The number of benzene rings is 2. The lowest BCUT2D eigenvalue weighted by Crippen LogP contribution is -2.38. The molecular formula is C17H18N2O3. The summed E-state index contributed by atoms with van der Waals surface area (Å²) in [6.07, 6.45) is -0.648. The third-order valence-corrected chi connectivity index (χ3v) is 3.27. The van der Waals surface area contributed by atoms with Gasteiger partial charge in [-0.15, -0.1) is 0 Å². The maximum Gasteiger partial charge on any atom is 0.267 e. The predicted octanol–water partition coefficient (Wildman–Crippen LogP) is 2.22. The normalized spacial score (nSPS) is 11.5. The van der Waals surface area contributed by atoms with Gasteiger partial charge in [-0.25, -0.2) is 0 Å². The van der Waals surface area contributed by atoms with E-state index in [-0.39, 0.29) is 5.91 Å². The summed E-state index contributed by atoms with van der Waals surface area (Å²) in [6, 6.07) is 15.7. The van der Waals surface area contributed by atoms with Gasteiger partial charge in [-0.3, -0.25) is 9.59 Å². The number of likely N-dealkylation sites (N-methyl/N-ethyl adjacent to an activating group) is 1. The summed E-state index contributed by atoms with van der Waals surface area (Å²) < 4.78 is 5.61. The van der Waals surface area contributed by atoms with Crippen molar-refractivity contribution in [3.05, 3.63) is 60.2 Å². The average molecular weight is 298 g/mol. The Bertz CT molecular complexity index is 653. The van der Waals surface area contributed by atoms with Crippen LogP contribution in [-0.2, 0) is 4.79 Å². The maximum atomic E-state index is 12.3. The number of nitrogens with two attached hydrogens (primary N) is 1. The summed E-state index contributed by atoms with van der Waals surface area (Å²) >= 11 is 0. The highest BCUT2D eigenvalue weighted by Crippen LogP contribution is 2.17.